The average Bonchev–Trinajstić information content (AvgIpc) is 2.55. The minimum atomic E-state index is -0.632. The fourth-order valence-electron chi connectivity index (χ4n) is 1.03. The largest absolute Gasteiger partial charge is 0.368 e. The standard InChI is InChI=1S/C7H12N2O4/c8-6(10)4-13-9-7(11)5-2-1-3-12-5/h5H,1-4H2,(H2,8,10)(H,9,11)/t5-/m1/s1. The third-order valence-corrected chi connectivity index (χ3v) is 1.61. The quantitative estimate of drug-likeness (QED) is 0.536. The lowest BCUT2D eigenvalue weighted by atomic mass is 10.2. The number of hydrogen-bond donors (Lipinski definition) is 2. The van der Waals surface area contributed by atoms with Crippen LogP contribution in [0.5, 0.6) is 0 Å². The number of nitrogens with two attached hydrogens (primary N) is 1. The zero-order chi connectivity index (χ0) is 9.68. The van der Waals surface area contributed by atoms with E-state index < -0.39 is 12.0 Å². The van der Waals surface area contributed by atoms with Gasteiger partial charge in [-0.2, -0.15) is 0 Å². The Morgan fingerprint density at radius 3 is 2.92 bits per heavy atom. The van der Waals surface area contributed by atoms with E-state index in [9.17, 15) is 9.59 Å². The van der Waals surface area contributed by atoms with Crippen molar-refractivity contribution < 1.29 is 19.2 Å². The van der Waals surface area contributed by atoms with Crippen LogP contribution in [0.2, 0.25) is 0 Å². The second-order valence-corrected chi connectivity index (χ2v) is 2.72. The Bertz CT molecular complexity index is 201. The van der Waals surface area contributed by atoms with Crippen molar-refractivity contribution >= 4 is 11.8 Å². The fraction of sp³-hybridized carbons (Fsp3) is 0.714. The molecule has 1 rings (SSSR count). The van der Waals surface area contributed by atoms with Gasteiger partial charge in [0.05, 0.1) is 0 Å². The summed E-state index contributed by atoms with van der Waals surface area (Å²) in [5.41, 5.74) is 6.88. The number of carbonyl (C=O) groups is 2. The number of carbonyl (C=O) groups excluding carboxylic acids is 2. The summed E-state index contributed by atoms with van der Waals surface area (Å²) in [4.78, 5) is 25.8. The number of primary amides is 1. The van der Waals surface area contributed by atoms with Crippen LogP contribution < -0.4 is 11.2 Å². The Hall–Kier alpha value is -1.14. The van der Waals surface area contributed by atoms with Crippen molar-refractivity contribution in [2.24, 2.45) is 5.73 Å². The molecule has 0 bridgehead atoms. The smallest absolute Gasteiger partial charge is 0.272 e. The van der Waals surface area contributed by atoms with Gasteiger partial charge < -0.3 is 10.5 Å². The number of hydroxylamine groups is 1. The van der Waals surface area contributed by atoms with E-state index in [-0.39, 0.29) is 12.5 Å². The van der Waals surface area contributed by atoms with Gasteiger partial charge in [0.1, 0.15) is 6.10 Å². The molecule has 0 radical (unpaired) electrons. The molecule has 0 spiro atoms. The molecule has 13 heavy (non-hydrogen) atoms. The van der Waals surface area contributed by atoms with E-state index in [2.05, 4.69) is 10.3 Å². The number of rotatable bonds is 4. The van der Waals surface area contributed by atoms with E-state index in [4.69, 9.17) is 10.5 Å². The average molecular weight is 188 g/mol. The van der Waals surface area contributed by atoms with Gasteiger partial charge in [0.2, 0.25) is 5.91 Å². The highest BCUT2D eigenvalue weighted by Gasteiger charge is 2.23. The fourth-order valence-corrected chi connectivity index (χ4v) is 1.03. The van der Waals surface area contributed by atoms with Crippen molar-refractivity contribution in [1.29, 1.82) is 0 Å². The number of hydrogen-bond acceptors (Lipinski definition) is 4. The summed E-state index contributed by atoms with van der Waals surface area (Å²) in [6, 6.07) is 0. The molecule has 6 heteroatoms. The molecule has 0 saturated carbocycles. The summed E-state index contributed by atoms with van der Waals surface area (Å²) >= 11 is 0. The highest BCUT2D eigenvalue weighted by atomic mass is 16.7. The van der Waals surface area contributed by atoms with Crippen molar-refractivity contribution in [3.05, 3.63) is 0 Å². The van der Waals surface area contributed by atoms with E-state index in [1.165, 1.54) is 0 Å². The molecule has 3 N–H and O–H groups in total. The Balaban J connectivity index is 2.13. The normalized spacial score (nSPS) is 21.4. The minimum Gasteiger partial charge on any atom is -0.368 e. The first-order valence-electron chi connectivity index (χ1n) is 4.01. The molecule has 0 aromatic rings. The SMILES string of the molecule is NC(=O)CONC(=O)[C@H]1CCCO1. The third kappa shape index (κ3) is 3.39. The van der Waals surface area contributed by atoms with Crippen LogP contribution in [0.25, 0.3) is 0 Å². The van der Waals surface area contributed by atoms with Crippen LogP contribution in [0.1, 0.15) is 12.8 Å². The lowest BCUT2D eigenvalue weighted by Gasteiger charge is -2.08. The van der Waals surface area contributed by atoms with Gasteiger partial charge in [-0.3, -0.25) is 14.4 Å². The predicted molar refractivity (Wildman–Crippen MR) is 42.3 cm³/mol. The summed E-state index contributed by atoms with van der Waals surface area (Å²) in [5.74, 6) is -0.994. The van der Waals surface area contributed by atoms with E-state index in [0.717, 1.165) is 6.42 Å². The summed E-state index contributed by atoms with van der Waals surface area (Å²) < 4.78 is 5.06. The summed E-state index contributed by atoms with van der Waals surface area (Å²) in [6.07, 6.45) is 1.10. The second kappa shape index (κ2) is 4.78. The Labute approximate surface area is 75.3 Å². The molecule has 1 fully saturated rings. The molecule has 74 valence electrons. The van der Waals surface area contributed by atoms with E-state index in [1.54, 1.807) is 0 Å². The molecule has 1 aliphatic heterocycles. The molecule has 0 aromatic carbocycles. The highest BCUT2D eigenvalue weighted by Crippen LogP contribution is 2.11. The first-order valence-corrected chi connectivity index (χ1v) is 4.01. The van der Waals surface area contributed by atoms with Gasteiger partial charge in [-0.1, -0.05) is 0 Å². The zero-order valence-corrected chi connectivity index (χ0v) is 7.12. The van der Waals surface area contributed by atoms with Crippen molar-refractivity contribution in [1.82, 2.24) is 5.48 Å². The maximum Gasteiger partial charge on any atom is 0.272 e. The molecule has 1 saturated heterocycles. The van der Waals surface area contributed by atoms with Crippen molar-refractivity contribution in [3.8, 4) is 0 Å². The van der Waals surface area contributed by atoms with Crippen molar-refractivity contribution in [2.45, 2.75) is 18.9 Å². The Kier molecular flexibility index (Phi) is 3.66. The molecule has 0 unspecified atom stereocenters. The first kappa shape index (κ1) is 9.94. The topological polar surface area (TPSA) is 90.7 Å². The lowest BCUT2D eigenvalue weighted by molar-refractivity contribution is -0.145. The highest BCUT2D eigenvalue weighted by molar-refractivity contribution is 5.80. The van der Waals surface area contributed by atoms with Gasteiger partial charge in [0.25, 0.3) is 5.91 Å². The van der Waals surface area contributed by atoms with Crippen LogP contribution in [0.15, 0.2) is 0 Å². The maximum atomic E-state index is 11.1. The predicted octanol–water partition coefficient (Wildman–Crippen LogP) is -1.30. The molecule has 0 aliphatic carbocycles. The second-order valence-electron chi connectivity index (χ2n) is 2.72. The van der Waals surface area contributed by atoms with Crippen LogP contribution in [0.3, 0.4) is 0 Å². The number of amides is 2. The van der Waals surface area contributed by atoms with E-state index in [1.807, 2.05) is 0 Å². The molecule has 1 aliphatic rings. The Morgan fingerprint density at radius 2 is 2.38 bits per heavy atom. The lowest BCUT2D eigenvalue weighted by Crippen LogP contribution is -2.36. The van der Waals surface area contributed by atoms with E-state index in [0.29, 0.717) is 13.0 Å². The van der Waals surface area contributed by atoms with Gasteiger partial charge in [-0.05, 0) is 12.8 Å². The molecular formula is C7H12N2O4. The molecule has 1 atom stereocenters. The summed E-state index contributed by atoms with van der Waals surface area (Å²) in [6.45, 7) is 0.270. The molecule has 1 heterocycles. The number of nitrogens with one attached hydrogen (secondary N) is 1. The molecule has 6 nitrogen and oxygen atoms in total. The van der Waals surface area contributed by atoms with Gasteiger partial charge in [0, 0.05) is 6.61 Å². The van der Waals surface area contributed by atoms with Crippen LogP contribution in [-0.2, 0) is 19.2 Å². The van der Waals surface area contributed by atoms with Gasteiger partial charge in [0.15, 0.2) is 6.61 Å². The maximum absolute atomic E-state index is 11.1. The zero-order valence-electron chi connectivity index (χ0n) is 7.12. The monoisotopic (exact) mass is 188 g/mol. The van der Waals surface area contributed by atoms with Crippen molar-refractivity contribution in [2.75, 3.05) is 13.2 Å². The Morgan fingerprint density at radius 1 is 1.62 bits per heavy atom. The first-order chi connectivity index (χ1) is 6.20. The van der Waals surface area contributed by atoms with Crippen molar-refractivity contribution in [3.63, 3.8) is 0 Å². The van der Waals surface area contributed by atoms with Gasteiger partial charge >= 0.3 is 0 Å². The van der Waals surface area contributed by atoms with Crippen LogP contribution in [0.4, 0.5) is 0 Å². The summed E-state index contributed by atoms with van der Waals surface area (Å²) in [5, 5.41) is 0. The minimum absolute atomic E-state index is 0.321. The van der Waals surface area contributed by atoms with E-state index >= 15 is 0 Å². The third-order valence-electron chi connectivity index (χ3n) is 1.61. The molecular weight excluding hydrogens is 176 g/mol. The van der Waals surface area contributed by atoms with Crippen LogP contribution >= 0.6 is 0 Å². The van der Waals surface area contributed by atoms with Gasteiger partial charge in [-0.15, -0.1) is 0 Å². The molecule has 2 amide bonds. The number of ether oxygens (including phenoxy) is 1. The van der Waals surface area contributed by atoms with Gasteiger partial charge in [-0.25, -0.2) is 5.48 Å². The molecule has 0 aromatic heterocycles. The summed E-state index contributed by atoms with van der Waals surface area (Å²) in [7, 11) is 0. The van der Waals surface area contributed by atoms with Crippen LogP contribution in [0, 0.1) is 0 Å². The van der Waals surface area contributed by atoms with Crippen LogP contribution in [-0.4, -0.2) is 31.1 Å².